The van der Waals surface area contributed by atoms with E-state index in [0.29, 0.717) is 17.1 Å². The zero-order chi connectivity index (χ0) is 14.1. The van der Waals surface area contributed by atoms with Crippen LogP contribution in [-0.2, 0) is 9.59 Å². The molecule has 2 amide bonds. The van der Waals surface area contributed by atoms with Gasteiger partial charge in [0, 0.05) is 16.5 Å². The van der Waals surface area contributed by atoms with E-state index in [2.05, 4.69) is 0 Å². The molecule has 20 heavy (non-hydrogen) atoms. The number of carbonyl (C=O) groups excluding carboxylic acids is 2. The molecule has 1 aromatic carbocycles. The van der Waals surface area contributed by atoms with Crippen molar-refractivity contribution >= 4 is 40.9 Å². The van der Waals surface area contributed by atoms with Gasteiger partial charge in [0.25, 0.3) is 5.91 Å². The number of rotatable bonds is 2. The van der Waals surface area contributed by atoms with Crippen LogP contribution >= 0.6 is 23.4 Å². The second-order valence-corrected chi connectivity index (χ2v) is 6.74. The van der Waals surface area contributed by atoms with E-state index in [-0.39, 0.29) is 17.9 Å². The Morgan fingerprint density at radius 1 is 1.25 bits per heavy atom. The Labute approximate surface area is 127 Å². The van der Waals surface area contributed by atoms with Crippen molar-refractivity contribution in [2.24, 2.45) is 0 Å². The molecule has 2 saturated heterocycles. The molecule has 0 aromatic heterocycles. The predicted molar refractivity (Wildman–Crippen MR) is 80.4 cm³/mol. The van der Waals surface area contributed by atoms with Crippen molar-refractivity contribution in [3.05, 3.63) is 29.3 Å². The van der Waals surface area contributed by atoms with Crippen LogP contribution in [0.25, 0.3) is 0 Å². The van der Waals surface area contributed by atoms with Crippen molar-refractivity contribution in [3.63, 3.8) is 0 Å². The molecule has 2 aliphatic heterocycles. The largest absolute Gasteiger partial charge is 0.323 e. The molecule has 2 aliphatic rings. The monoisotopic (exact) mass is 311 g/mol. The average molecular weight is 312 g/mol. The van der Waals surface area contributed by atoms with Gasteiger partial charge in [-0.25, -0.2) is 4.90 Å². The first-order valence-electron chi connectivity index (χ1n) is 6.71. The molecule has 0 radical (unpaired) electrons. The summed E-state index contributed by atoms with van der Waals surface area (Å²) in [5, 5.41) is 0.535. The standard InChI is InChI=1S/C14H15ClN2O2S/c15-10-2-1-3-11(8-10)17-13(18)9-12(14(17)19)16-4-6-20-7-5-16/h1-3,8,12H,4-7,9H2/p+1/t12-/m0/s1. The van der Waals surface area contributed by atoms with E-state index >= 15 is 0 Å². The number of carbonyl (C=O) groups is 2. The third-order valence-corrected chi connectivity index (χ3v) is 5.06. The zero-order valence-corrected chi connectivity index (χ0v) is 12.5. The number of hydrogen-bond acceptors (Lipinski definition) is 3. The molecule has 0 bridgehead atoms. The van der Waals surface area contributed by atoms with Crippen molar-refractivity contribution in [2.45, 2.75) is 12.5 Å². The molecule has 0 aliphatic carbocycles. The minimum Gasteiger partial charge on any atom is -0.323 e. The molecule has 106 valence electrons. The molecular weight excluding hydrogens is 296 g/mol. The maximum Gasteiger partial charge on any atom is 0.292 e. The molecule has 0 unspecified atom stereocenters. The summed E-state index contributed by atoms with van der Waals surface area (Å²) in [5.74, 6) is 1.92. The minimum absolute atomic E-state index is 0.0841. The van der Waals surface area contributed by atoms with Gasteiger partial charge in [0.1, 0.15) is 0 Å². The van der Waals surface area contributed by atoms with Crippen molar-refractivity contribution in [1.29, 1.82) is 0 Å². The van der Waals surface area contributed by atoms with E-state index in [1.165, 1.54) is 9.80 Å². The highest BCUT2D eigenvalue weighted by molar-refractivity contribution is 7.99. The normalized spacial score (nSPS) is 24.4. The number of halogens is 1. The highest BCUT2D eigenvalue weighted by atomic mass is 35.5. The van der Waals surface area contributed by atoms with Crippen LogP contribution in [0.1, 0.15) is 6.42 Å². The third-order valence-electron chi connectivity index (χ3n) is 3.84. The van der Waals surface area contributed by atoms with Gasteiger partial charge in [-0.05, 0) is 18.2 Å². The summed E-state index contributed by atoms with van der Waals surface area (Å²) in [5.41, 5.74) is 0.584. The summed E-state index contributed by atoms with van der Waals surface area (Å²) in [4.78, 5) is 27.3. The van der Waals surface area contributed by atoms with Gasteiger partial charge in [-0.3, -0.25) is 9.59 Å². The number of thioether (sulfide) groups is 1. The summed E-state index contributed by atoms with van der Waals surface area (Å²) in [7, 11) is 0. The van der Waals surface area contributed by atoms with Gasteiger partial charge >= 0.3 is 0 Å². The fourth-order valence-electron chi connectivity index (χ4n) is 2.82. The molecule has 2 heterocycles. The second kappa shape index (κ2) is 5.76. The number of quaternary nitrogens is 1. The minimum atomic E-state index is -0.220. The molecule has 0 saturated carbocycles. The van der Waals surface area contributed by atoms with Crippen LogP contribution in [0.15, 0.2) is 24.3 Å². The van der Waals surface area contributed by atoms with E-state index in [9.17, 15) is 9.59 Å². The first-order chi connectivity index (χ1) is 9.66. The summed E-state index contributed by atoms with van der Waals surface area (Å²) in [6, 6.07) is 6.70. The van der Waals surface area contributed by atoms with Crippen molar-refractivity contribution in [1.82, 2.24) is 0 Å². The molecule has 1 N–H and O–H groups in total. The van der Waals surface area contributed by atoms with Gasteiger partial charge in [-0.1, -0.05) is 17.7 Å². The van der Waals surface area contributed by atoms with Crippen LogP contribution in [0, 0.1) is 0 Å². The molecule has 2 fully saturated rings. The van der Waals surface area contributed by atoms with E-state index in [0.717, 1.165) is 24.6 Å². The number of amides is 2. The summed E-state index contributed by atoms with van der Waals surface area (Å²) in [6.45, 7) is 1.91. The van der Waals surface area contributed by atoms with Crippen LogP contribution in [0.5, 0.6) is 0 Å². The maximum absolute atomic E-state index is 12.6. The highest BCUT2D eigenvalue weighted by Gasteiger charge is 2.45. The maximum atomic E-state index is 12.6. The SMILES string of the molecule is O=C1C[C@H]([NH+]2CCSCC2)C(=O)N1c1cccc(Cl)c1. The molecule has 0 spiro atoms. The number of benzene rings is 1. The fourth-order valence-corrected chi connectivity index (χ4v) is 4.02. The van der Waals surface area contributed by atoms with Crippen LogP contribution in [0.4, 0.5) is 5.69 Å². The molecular formula is C14H16ClN2O2S+. The number of hydrogen-bond donors (Lipinski definition) is 1. The number of nitrogens with one attached hydrogen (secondary N) is 1. The Morgan fingerprint density at radius 3 is 2.70 bits per heavy atom. The van der Waals surface area contributed by atoms with Gasteiger partial charge < -0.3 is 4.90 Å². The van der Waals surface area contributed by atoms with Crippen molar-refractivity contribution in [3.8, 4) is 0 Å². The van der Waals surface area contributed by atoms with Gasteiger partial charge in [0.15, 0.2) is 6.04 Å². The molecule has 6 heteroatoms. The first-order valence-corrected chi connectivity index (χ1v) is 8.25. The number of nitrogens with zero attached hydrogens (tertiary/aromatic N) is 1. The van der Waals surface area contributed by atoms with Crippen molar-refractivity contribution < 1.29 is 14.5 Å². The van der Waals surface area contributed by atoms with Crippen LogP contribution in [0.3, 0.4) is 0 Å². The molecule has 3 rings (SSSR count). The van der Waals surface area contributed by atoms with Crippen LogP contribution < -0.4 is 9.80 Å². The number of imide groups is 1. The Balaban J connectivity index is 1.83. The summed E-state index contributed by atoms with van der Waals surface area (Å²) < 4.78 is 0. The van der Waals surface area contributed by atoms with Crippen LogP contribution in [0.2, 0.25) is 5.02 Å². The van der Waals surface area contributed by atoms with E-state index in [1.807, 2.05) is 11.8 Å². The smallest absolute Gasteiger partial charge is 0.292 e. The Kier molecular flexibility index (Phi) is 4.01. The zero-order valence-electron chi connectivity index (χ0n) is 11.0. The third kappa shape index (κ3) is 2.57. The summed E-state index contributed by atoms with van der Waals surface area (Å²) >= 11 is 7.86. The van der Waals surface area contributed by atoms with Crippen LogP contribution in [-0.4, -0.2) is 42.5 Å². The molecule has 1 atom stereocenters. The lowest BCUT2D eigenvalue weighted by Crippen LogP contribution is -3.18. The highest BCUT2D eigenvalue weighted by Crippen LogP contribution is 2.24. The van der Waals surface area contributed by atoms with Gasteiger partial charge in [-0.2, -0.15) is 11.8 Å². The second-order valence-electron chi connectivity index (χ2n) is 5.07. The lowest BCUT2D eigenvalue weighted by atomic mass is 10.2. The molecule has 1 aromatic rings. The van der Waals surface area contributed by atoms with Gasteiger partial charge in [-0.15, -0.1) is 0 Å². The Bertz CT molecular complexity index is 546. The summed E-state index contributed by atoms with van der Waals surface area (Å²) in [6.07, 6.45) is 0.311. The lowest BCUT2D eigenvalue weighted by Gasteiger charge is -2.27. The fraction of sp³-hybridized carbons (Fsp3) is 0.429. The van der Waals surface area contributed by atoms with E-state index in [4.69, 9.17) is 11.6 Å². The quantitative estimate of drug-likeness (QED) is 0.814. The lowest BCUT2D eigenvalue weighted by molar-refractivity contribution is -0.911. The van der Waals surface area contributed by atoms with Crippen molar-refractivity contribution in [2.75, 3.05) is 29.5 Å². The first kappa shape index (κ1) is 13.9. The van der Waals surface area contributed by atoms with E-state index in [1.54, 1.807) is 24.3 Å². The number of anilines is 1. The molecule has 4 nitrogen and oxygen atoms in total. The topological polar surface area (TPSA) is 41.8 Å². The Morgan fingerprint density at radius 2 is 2.00 bits per heavy atom. The van der Waals surface area contributed by atoms with Gasteiger partial charge in [0.2, 0.25) is 5.91 Å². The van der Waals surface area contributed by atoms with Gasteiger partial charge in [0.05, 0.1) is 25.2 Å². The predicted octanol–water partition coefficient (Wildman–Crippen LogP) is 0.604. The van der Waals surface area contributed by atoms with E-state index < -0.39 is 0 Å². The Hall–Kier alpha value is -1.04. The average Bonchev–Trinajstić information content (AvgIpc) is 2.75.